The number of benzene rings is 1. The van der Waals surface area contributed by atoms with E-state index in [0.29, 0.717) is 0 Å². The molecule has 0 aliphatic carbocycles. The highest BCUT2D eigenvalue weighted by Crippen LogP contribution is 2.29. The van der Waals surface area contributed by atoms with Crippen molar-refractivity contribution in [2.45, 2.75) is 30.8 Å². The van der Waals surface area contributed by atoms with Gasteiger partial charge in [0.2, 0.25) is 0 Å². The fraction of sp³-hybridized carbons (Fsp3) is 0.462. The maximum Gasteiger partial charge on any atom is 0.263 e. The van der Waals surface area contributed by atoms with E-state index in [1.165, 1.54) is 18.2 Å². The lowest BCUT2D eigenvalue weighted by molar-refractivity contribution is -0.136. The van der Waals surface area contributed by atoms with Gasteiger partial charge in [0.1, 0.15) is 5.75 Å². The molecule has 1 amide bonds. The lowest BCUT2D eigenvalue weighted by Gasteiger charge is -2.21. The maximum absolute atomic E-state index is 12.1. The molecule has 2 rings (SSSR count). The number of likely N-dealkylation sites (tertiary alicyclic amines) is 1. The van der Waals surface area contributed by atoms with Gasteiger partial charge in [-0.15, -0.1) is 0 Å². The molecule has 1 aromatic carbocycles. The van der Waals surface area contributed by atoms with Gasteiger partial charge in [-0.1, -0.05) is 11.6 Å². The summed E-state index contributed by atoms with van der Waals surface area (Å²) < 4.78 is 27.9. The van der Waals surface area contributed by atoms with Gasteiger partial charge in [0.25, 0.3) is 15.0 Å². The largest absolute Gasteiger partial charge is 0.479 e. The van der Waals surface area contributed by atoms with E-state index in [2.05, 4.69) is 0 Å². The van der Waals surface area contributed by atoms with Crippen molar-refractivity contribution in [2.24, 2.45) is 0 Å². The molecular formula is C13H15Cl2NO4S. The summed E-state index contributed by atoms with van der Waals surface area (Å²) in [6.07, 6.45) is 1.32. The van der Waals surface area contributed by atoms with Crippen molar-refractivity contribution in [1.29, 1.82) is 0 Å². The van der Waals surface area contributed by atoms with Crippen LogP contribution in [0.5, 0.6) is 5.75 Å². The highest BCUT2D eigenvalue weighted by molar-refractivity contribution is 8.13. The lowest BCUT2D eigenvalue weighted by Crippen LogP contribution is -2.38. The molecule has 0 radical (unpaired) electrons. The molecule has 21 heavy (non-hydrogen) atoms. The van der Waals surface area contributed by atoms with Crippen LogP contribution in [0.3, 0.4) is 0 Å². The normalized spacial score (nSPS) is 16.8. The van der Waals surface area contributed by atoms with Crippen LogP contribution in [0, 0.1) is 0 Å². The number of hydrogen-bond acceptors (Lipinski definition) is 4. The Morgan fingerprint density at radius 2 is 1.95 bits per heavy atom. The third-order valence-corrected chi connectivity index (χ3v) is 4.90. The molecule has 1 aromatic rings. The SMILES string of the molecule is CC(Oc1ccc(S(=O)(=O)Cl)cc1Cl)C(=O)N1CCCC1. The van der Waals surface area contributed by atoms with Crippen LogP contribution in [0.15, 0.2) is 23.1 Å². The molecule has 1 aliphatic rings. The Bertz CT molecular complexity index is 642. The van der Waals surface area contributed by atoms with Gasteiger partial charge in [0.15, 0.2) is 6.10 Å². The number of nitrogens with zero attached hydrogens (tertiary/aromatic N) is 1. The molecule has 0 N–H and O–H groups in total. The van der Waals surface area contributed by atoms with E-state index >= 15 is 0 Å². The monoisotopic (exact) mass is 351 g/mol. The summed E-state index contributed by atoms with van der Waals surface area (Å²) >= 11 is 5.97. The summed E-state index contributed by atoms with van der Waals surface area (Å²) in [6, 6.07) is 3.88. The minimum absolute atomic E-state index is 0.0952. The molecule has 1 saturated heterocycles. The molecular weight excluding hydrogens is 337 g/mol. The first kappa shape index (κ1) is 16.4. The van der Waals surface area contributed by atoms with Gasteiger partial charge >= 0.3 is 0 Å². The average molecular weight is 352 g/mol. The molecule has 1 fully saturated rings. The number of hydrogen-bond donors (Lipinski definition) is 0. The highest BCUT2D eigenvalue weighted by Gasteiger charge is 2.25. The number of ether oxygens (including phenoxy) is 1. The molecule has 1 aliphatic heterocycles. The summed E-state index contributed by atoms with van der Waals surface area (Å²) in [5.74, 6) is 0.151. The average Bonchev–Trinajstić information content (AvgIpc) is 2.92. The van der Waals surface area contributed by atoms with E-state index in [-0.39, 0.29) is 21.6 Å². The Morgan fingerprint density at radius 3 is 2.48 bits per heavy atom. The van der Waals surface area contributed by atoms with Gasteiger partial charge < -0.3 is 9.64 Å². The van der Waals surface area contributed by atoms with Crippen molar-refractivity contribution in [3.05, 3.63) is 23.2 Å². The first-order chi connectivity index (χ1) is 9.79. The third-order valence-electron chi connectivity index (χ3n) is 3.25. The van der Waals surface area contributed by atoms with E-state index < -0.39 is 15.2 Å². The predicted molar refractivity (Wildman–Crippen MR) is 80.4 cm³/mol. The van der Waals surface area contributed by atoms with Gasteiger partial charge in [0, 0.05) is 23.8 Å². The second-order valence-corrected chi connectivity index (χ2v) is 7.80. The minimum atomic E-state index is -3.84. The first-order valence-electron chi connectivity index (χ1n) is 6.48. The van der Waals surface area contributed by atoms with Crippen LogP contribution in [-0.4, -0.2) is 38.4 Å². The van der Waals surface area contributed by atoms with Crippen LogP contribution in [0.4, 0.5) is 0 Å². The molecule has 0 spiro atoms. The van der Waals surface area contributed by atoms with Crippen molar-refractivity contribution in [2.75, 3.05) is 13.1 Å². The molecule has 5 nitrogen and oxygen atoms in total. The van der Waals surface area contributed by atoms with Crippen LogP contribution in [0.2, 0.25) is 5.02 Å². The zero-order valence-electron chi connectivity index (χ0n) is 11.4. The summed E-state index contributed by atoms with van der Waals surface area (Å²) in [4.78, 5) is 13.8. The summed E-state index contributed by atoms with van der Waals surface area (Å²) in [6.45, 7) is 3.12. The minimum Gasteiger partial charge on any atom is -0.479 e. The summed E-state index contributed by atoms with van der Waals surface area (Å²) in [7, 11) is 1.39. The van der Waals surface area contributed by atoms with Crippen molar-refractivity contribution < 1.29 is 17.9 Å². The second kappa shape index (κ2) is 6.42. The third kappa shape index (κ3) is 4.02. The molecule has 1 heterocycles. The van der Waals surface area contributed by atoms with Gasteiger partial charge in [-0.25, -0.2) is 8.42 Å². The summed E-state index contributed by atoms with van der Waals surface area (Å²) in [5.41, 5.74) is 0. The molecule has 116 valence electrons. The van der Waals surface area contributed by atoms with Crippen LogP contribution in [0.25, 0.3) is 0 Å². The van der Waals surface area contributed by atoms with Gasteiger partial charge in [0.05, 0.1) is 9.92 Å². The fourth-order valence-corrected chi connectivity index (χ4v) is 3.23. The summed E-state index contributed by atoms with van der Waals surface area (Å²) in [5, 5.41) is 0.0952. The van der Waals surface area contributed by atoms with Crippen molar-refractivity contribution >= 4 is 37.2 Å². The topological polar surface area (TPSA) is 63.7 Å². The van der Waals surface area contributed by atoms with Gasteiger partial charge in [-0.05, 0) is 38.0 Å². The number of amides is 1. The zero-order chi connectivity index (χ0) is 15.6. The quantitative estimate of drug-likeness (QED) is 0.782. The fourth-order valence-electron chi connectivity index (χ4n) is 2.16. The molecule has 0 aromatic heterocycles. The Labute approximate surface area is 133 Å². The lowest BCUT2D eigenvalue weighted by atomic mass is 10.3. The predicted octanol–water partition coefficient (Wildman–Crippen LogP) is 2.66. The van der Waals surface area contributed by atoms with E-state index in [1.54, 1.807) is 11.8 Å². The Morgan fingerprint density at radius 1 is 1.33 bits per heavy atom. The second-order valence-electron chi connectivity index (χ2n) is 4.82. The van der Waals surface area contributed by atoms with Crippen LogP contribution < -0.4 is 4.74 Å². The number of carbonyl (C=O) groups excluding carboxylic acids is 1. The number of rotatable bonds is 4. The Hall–Kier alpha value is -0.980. The van der Waals surface area contributed by atoms with Gasteiger partial charge in [-0.3, -0.25) is 4.79 Å². The number of carbonyl (C=O) groups is 1. The number of halogens is 2. The maximum atomic E-state index is 12.1. The van der Waals surface area contributed by atoms with Crippen molar-refractivity contribution in [1.82, 2.24) is 4.90 Å². The Kier molecular flexibility index (Phi) is 5.01. The molecule has 8 heteroatoms. The zero-order valence-corrected chi connectivity index (χ0v) is 13.7. The van der Waals surface area contributed by atoms with E-state index in [4.69, 9.17) is 27.0 Å². The van der Waals surface area contributed by atoms with Gasteiger partial charge in [-0.2, -0.15) is 0 Å². The first-order valence-corrected chi connectivity index (χ1v) is 9.17. The Balaban J connectivity index is 2.10. The standard InChI is InChI=1S/C13H15Cl2NO4S/c1-9(13(17)16-6-2-3-7-16)20-12-5-4-10(8-11(12)14)21(15,18)19/h4-5,8-9H,2-3,6-7H2,1H3. The molecule has 0 bridgehead atoms. The van der Waals surface area contributed by atoms with Crippen molar-refractivity contribution in [3.8, 4) is 5.75 Å². The smallest absolute Gasteiger partial charge is 0.263 e. The molecule has 0 saturated carbocycles. The molecule has 1 unspecified atom stereocenters. The van der Waals surface area contributed by atoms with Crippen molar-refractivity contribution in [3.63, 3.8) is 0 Å². The van der Waals surface area contributed by atoms with E-state index in [9.17, 15) is 13.2 Å². The molecule has 1 atom stereocenters. The van der Waals surface area contributed by atoms with Crippen LogP contribution in [0.1, 0.15) is 19.8 Å². The van der Waals surface area contributed by atoms with E-state index in [1.807, 2.05) is 0 Å². The van der Waals surface area contributed by atoms with Crippen LogP contribution >= 0.6 is 22.3 Å². The van der Waals surface area contributed by atoms with Crippen LogP contribution in [-0.2, 0) is 13.8 Å². The highest BCUT2D eigenvalue weighted by atomic mass is 35.7. The van der Waals surface area contributed by atoms with E-state index in [0.717, 1.165) is 25.9 Å².